The molecule has 2 aromatic carbocycles. The normalized spacial score (nSPS) is 19.1. The Morgan fingerprint density at radius 2 is 1.86 bits per heavy atom. The average molecular weight is 394 g/mol. The molecule has 4 rings (SSSR count). The van der Waals surface area contributed by atoms with Crippen molar-refractivity contribution in [2.45, 2.75) is 18.9 Å². The molecule has 7 nitrogen and oxygen atoms in total. The molecule has 0 bridgehead atoms. The number of nitrogens with two attached hydrogens (primary N) is 1. The van der Waals surface area contributed by atoms with Crippen LogP contribution in [0.15, 0.2) is 42.5 Å². The summed E-state index contributed by atoms with van der Waals surface area (Å²) in [6.07, 6.45) is 2.20. The van der Waals surface area contributed by atoms with Gasteiger partial charge in [-0.05, 0) is 24.5 Å². The summed E-state index contributed by atoms with van der Waals surface area (Å²) < 4.78 is 16.8. The maximum atomic E-state index is 6.19. The number of aromatic nitrogens is 2. The third-order valence-electron chi connectivity index (χ3n) is 5.33. The van der Waals surface area contributed by atoms with Crippen LogP contribution in [0.3, 0.4) is 0 Å². The molecule has 2 unspecified atom stereocenters. The third kappa shape index (κ3) is 4.05. The Labute approximate surface area is 170 Å². The number of benzene rings is 2. The molecule has 3 aromatic rings. The van der Waals surface area contributed by atoms with Gasteiger partial charge in [-0.3, -0.25) is 0 Å². The van der Waals surface area contributed by atoms with Gasteiger partial charge in [0.2, 0.25) is 5.95 Å². The number of nitrogens with one attached hydrogen (secondary N) is 1. The minimum absolute atomic E-state index is 0.0691. The summed E-state index contributed by atoms with van der Waals surface area (Å²) in [4.78, 5) is 9.06. The van der Waals surface area contributed by atoms with Crippen molar-refractivity contribution in [1.29, 1.82) is 0 Å². The number of fused-ring (bicyclic) bond motifs is 1. The Morgan fingerprint density at radius 1 is 1.10 bits per heavy atom. The third-order valence-corrected chi connectivity index (χ3v) is 5.33. The van der Waals surface area contributed by atoms with E-state index >= 15 is 0 Å². The Balaban J connectivity index is 1.55. The zero-order valence-corrected chi connectivity index (χ0v) is 16.7. The summed E-state index contributed by atoms with van der Waals surface area (Å²) >= 11 is 0. The predicted octanol–water partition coefficient (Wildman–Crippen LogP) is 3.81. The van der Waals surface area contributed by atoms with Crippen LogP contribution in [0.1, 0.15) is 24.5 Å². The van der Waals surface area contributed by atoms with Crippen LogP contribution in [0.2, 0.25) is 0 Å². The molecule has 0 radical (unpaired) electrons. The molecule has 1 aromatic heterocycles. The van der Waals surface area contributed by atoms with E-state index in [1.165, 1.54) is 5.56 Å². The average Bonchev–Trinajstić information content (AvgIpc) is 2.77. The molecule has 1 fully saturated rings. The van der Waals surface area contributed by atoms with Crippen LogP contribution in [-0.2, 0) is 4.74 Å². The van der Waals surface area contributed by atoms with Gasteiger partial charge < -0.3 is 25.3 Å². The lowest BCUT2D eigenvalue weighted by Gasteiger charge is -2.32. The molecule has 152 valence electrons. The highest BCUT2D eigenvalue weighted by Crippen LogP contribution is 2.35. The van der Waals surface area contributed by atoms with Crippen LogP contribution in [-0.4, -0.2) is 37.3 Å². The van der Waals surface area contributed by atoms with Crippen molar-refractivity contribution in [3.63, 3.8) is 0 Å². The van der Waals surface area contributed by atoms with E-state index in [1.807, 2.05) is 24.3 Å². The van der Waals surface area contributed by atoms with Gasteiger partial charge in [0.05, 0.1) is 25.8 Å². The molecule has 0 amide bonds. The van der Waals surface area contributed by atoms with Crippen molar-refractivity contribution in [2.75, 3.05) is 38.4 Å². The van der Waals surface area contributed by atoms with Crippen molar-refractivity contribution < 1.29 is 14.2 Å². The highest BCUT2D eigenvalue weighted by molar-refractivity contribution is 5.91. The van der Waals surface area contributed by atoms with Gasteiger partial charge >= 0.3 is 0 Å². The van der Waals surface area contributed by atoms with Crippen molar-refractivity contribution in [1.82, 2.24) is 9.97 Å². The molecule has 1 aliphatic heterocycles. The quantitative estimate of drug-likeness (QED) is 0.657. The van der Waals surface area contributed by atoms with Crippen molar-refractivity contribution >= 4 is 22.7 Å². The fourth-order valence-electron chi connectivity index (χ4n) is 3.84. The van der Waals surface area contributed by atoms with E-state index in [4.69, 9.17) is 19.9 Å². The first kappa shape index (κ1) is 19.3. The largest absolute Gasteiger partial charge is 0.493 e. The second-order valence-corrected chi connectivity index (χ2v) is 7.14. The summed E-state index contributed by atoms with van der Waals surface area (Å²) in [6, 6.07) is 14.0. The number of nitrogen functional groups attached to an aromatic ring is 1. The Bertz CT molecular complexity index is 981. The van der Waals surface area contributed by atoms with Gasteiger partial charge in [-0.1, -0.05) is 30.3 Å². The van der Waals surface area contributed by atoms with Gasteiger partial charge in [-0.15, -0.1) is 0 Å². The number of hydrogen-bond donors (Lipinski definition) is 2. The van der Waals surface area contributed by atoms with Crippen LogP contribution in [0.5, 0.6) is 11.5 Å². The summed E-state index contributed by atoms with van der Waals surface area (Å²) in [5.41, 5.74) is 8.10. The van der Waals surface area contributed by atoms with Crippen LogP contribution in [0.25, 0.3) is 10.9 Å². The molecule has 0 saturated carbocycles. The minimum Gasteiger partial charge on any atom is -0.493 e. The Morgan fingerprint density at radius 3 is 2.62 bits per heavy atom. The molecule has 0 aliphatic carbocycles. The highest BCUT2D eigenvalue weighted by atomic mass is 16.5. The molecule has 2 atom stereocenters. The summed E-state index contributed by atoms with van der Waals surface area (Å²) in [7, 11) is 3.19. The number of ether oxygens (including phenoxy) is 3. The van der Waals surface area contributed by atoms with Gasteiger partial charge in [0, 0.05) is 30.5 Å². The summed E-state index contributed by atoms with van der Waals surface area (Å²) in [6.45, 7) is 1.49. The molecule has 29 heavy (non-hydrogen) atoms. The number of methoxy groups -OCH3 is 2. The van der Waals surface area contributed by atoms with Crippen molar-refractivity contribution in [2.24, 2.45) is 5.92 Å². The number of anilines is 2. The second kappa shape index (κ2) is 8.53. The lowest BCUT2D eigenvalue weighted by Crippen LogP contribution is -2.28. The van der Waals surface area contributed by atoms with Crippen LogP contribution in [0.4, 0.5) is 11.8 Å². The van der Waals surface area contributed by atoms with E-state index in [1.54, 1.807) is 20.3 Å². The van der Waals surface area contributed by atoms with Gasteiger partial charge in [-0.2, -0.15) is 4.98 Å². The van der Waals surface area contributed by atoms with Gasteiger partial charge in [0.25, 0.3) is 0 Å². The Hall–Kier alpha value is -3.06. The summed E-state index contributed by atoms with van der Waals surface area (Å²) in [5.74, 6) is 2.43. The molecule has 2 heterocycles. The molecular weight excluding hydrogens is 368 g/mol. The van der Waals surface area contributed by atoms with E-state index in [9.17, 15) is 0 Å². The zero-order valence-electron chi connectivity index (χ0n) is 16.7. The molecule has 7 heteroatoms. The zero-order chi connectivity index (χ0) is 20.2. The van der Waals surface area contributed by atoms with Crippen molar-refractivity contribution in [3.8, 4) is 11.5 Å². The number of rotatable bonds is 6. The SMILES string of the molecule is COc1cc2nc(NCC3CCCOC3c3ccccc3)nc(N)c2cc1OC. The monoisotopic (exact) mass is 394 g/mol. The highest BCUT2D eigenvalue weighted by Gasteiger charge is 2.27. The topological polar surface area (TPSA) is 91.5 Å². The maximum Gasteiger partial charge on any atom is 0.225 e. The fourth-order valence-corrected chi connectivity index (χ4v) is 3.84. The first-order valence-electron chi connectivity index (χ1n) is 9.79. The molecule has 1 saturated heterocycles. The van der Waals surface area contributed by atoms with E-state index in [-0.39, 0.29) is 6.10 Å². The van der Waals surface area contributed by atoms with E-state index in [2.05, 4.69) is 27.4 Å². The van der Waals surface area contributed by atoms with E-state index < -0.39 is 0 Å². The lowest BCUT2D eigenvalue weighted by molar-refractivity contribution is -0.0238. The standard InChI is InChI=1S/C22H26N4O3/c1-27-18-11-16-17(12-19(18)28-2)25-22(26-21(16)23)24-13-15-9-6-10-29-20(15)14-7-4-3-5-8-14/h3-5,7-8,11-12,15,20H,6,9-10,13H2,1-2H3,(H3,23,24,25,26). The number of nitrogens with zero attached hydrogens (tertiary/aromatic N) is 2. The number of hydrogen-bond acceptors (Lipinski definition) is 7. The van der Waals surface area contributed by atoms with Crippen LogP contribution in [0, 0.1) is 5.92 Å². The molecule has 0 spiro atoms. The first-order valence-corrected chi connectivity index (χ1v) is 9.79. The van der Waals surface area contributed by atoms with Gasteiger partial charge in [0.15, 0.2) is 11.5 Å². The predicted molar refractivity (Wildman–Crippen MR) is 113 cm³/mol. The van der Waals surface area contributed by atoms with E-state index in [0.29, 0.717) is 41.2 Å². The first-order chi connectivity index (χ1) is 14.2. The molecular formula is C22H26N4O3. The second-order valence-electron chi connectivity index (χ2n) is 7.14. The molecule has 3 N–H and O–H groups in total. The minimum atomic E-state index is 0.0691. The van der Waals surface area contributed by atoms with E-state index in [0.717, 1.165) is 24.8 Å². The summed E-state index contributed by atoms with van der Waals surface area (Å²) in [5, 5.41) is 4.09. The van der Waals surface area contributed by atoms with Crippen LogP contribution >= 0.6 is 0 Å². The van der Waals surface area contributed by atoms with Crippen molar-refractivity contribution in [3.05, 3.63) is 48.0 Å². The smallest absolute Gasteiger partial charge is 0.225 e. The van der Waals surface area contributed by atoms with Gasteiger partial charge in [-0.25, -0.2) is 4.98 Å². The lowest BCUT2D eigenvalue weighted by atomic mass is 9.89. The fraction of sp³-hybridized carbons (Fsp3) is 0.364. The van der Waals surface area contributed by atoms with Gasteiger partial charge in [0.1, 0.15) is 5.82 Å². The Kier molecular flexibility index (Phi) is 5.67. The maximum absolute atomic E-state index is 6.19. The molecule has 1 aliphatic rings. The van der Waals surface area contributed by atoms with Crippen LogP contribution < -0.4 is 20.5 Å².